The minimum absolute atomic E-state index is 0.0392. The molecule has 0 saturated carbocycles. The van der Waals surface area contributed by atoms with Crippen LogP contribution < -0.4 is 15.0 Å². The molecule has 1 aliphatic heterocycles. The van der Waals surface area contributed by atoms with Crippen LogP contribution in [0.3, 0.4) is 0 Å². The topological polar surface area (TPSA) is 84.7 Å². The van der Waals surface area contributed by atoms with Gasteiger partial charge in [0, 0.05) is 36.5 Å². The number of para-hydroxylation sites is 1. The quantitative estimate of drug-likeness (QED) is 0.666. The smallest absolute Gasteiger partial charge is 0.270 e. The molecule has 1 unspecified atom stereocenters. The fourth-order valence-corrected chi connectivity index (χ4v) is 2.97. The second kappa shape index (κ2) is 6.80. The van der Waals surface area contributed by atoms with Gasteiger partial charge < -0.3 is 15.0 Å². The minimum Gasteiger partial charge on any atom is -0.465 e. The monoisotopic (exact) mass is 341 g/mol. The summed E-state index contributed by atoms with van der Waals surface area (Å²) in [6.45, 7) is 5.48. The molecule has 7 heteroatoms. The Balaban J connectivity index is 2.07. The van der Waals surface area contributed by atoms with Crippen molar-refractivity contribution in [2.24, 2.45) is 0 Å². The van der Waals surface area contributed by atoms with Crippen LogP contribution in [0, 0.1) is 10.1 Å². The van der Waals surface area contributed by atoms with Gasteiger partial charge in [0.05, 0.1) is 10.5 Å². The van der Waals surface area contributed by atoms with E-state index in [4.69, 9.17) is 4.74 Å². The zero-order valence-corrected chi connectivity index (χ0v) is 14.1. The number of amides is 1. The Bertz CT molecular complexity index is 818. The molecular formula is C18H19N3O4. The maximum atomic E-state index is 12.4. The lowest BCUT2D eigenvalue weighted by Crippen LogP contribution is -2.38. The van der Waals surface area contributed by atoms with Gasteiger partial charge in [0.1, 0.15) is 5.75 Å². The molecule has 1 atom stereocenters. The number of carbonyl (C=O) groups is 1. The summed E-state index contributed by atoms with van der Waals surface area (Å²) in [6.07, 6.45) is -0.780. The number of anilines is 1. The minimum atomic E-state index is -0.780. The van der Waals surface area contributed by atoms with Gasteiger partial charge in [0.15, 0.2) is 0 Å². The predicted molar refractivity (Wildman–Crippen MR) is 93.9 cm³/mol. The molecule has 0 aliphatic carbocycles. The van der Waals surface area contributed by atoms with Crippen LogP contribution in [0.5, 0.6) is 5.75 Å². The molecule has 0 spiro atoms. The van der Waals surface area contributed by atoms with Crippen LogP contribution in [0.4, 0.5) is 11.4 Å². The Morgan fingerprint density at radius 2 is 1.92 bits per heavy atom. The standard InChI is InChI=1S/C18H19N3O4/c1-3-20(4-2)15-10-9-12(21(23)24)11-14(15)18-19-17(22)13-7-5-6-8-16(13)25-18/h5-11,18H,3-4H2,1-2H3,(H,19,22). The third kappa shape index (κ3) is 3.13. The third-order valence-electron chi connectivity index (χ3n) is 4.25. The molecule has 1 N–H and O–H groups in total. The van der Waals surface area contributed by atoms with Crippen LogP contribution in [0.1, 0.15) is 36.0 Å². The lowest BCUT2D eigenvalue weighted by Gasteiger charge is -2.31. The molecule has 0 fully saturated rings. The van der Waals surface area contributed by atoms with E-state index in [1.54, 1.807) is 30.3 Å². The Hall–Kier alpha value is -3.09. The highest BCUT2D eigenvalue weighted by Gasteiger charge is 2.30. The zero-order valence-electron chi connectivity index (χ0n) is 14.1. The zero-order chi connectivity index (χ0) is 18.0. The summed E-state index contributed by atoms with van der Waals surface area (Å²) in [5, 5.41) is 14.0. The number of nitrogens with zero attached hydrogens (tertiary/aromatic N) is 2. The molecule has 0 saturated heterocycles. The van der Waals surface area contributed by atoms with E-state index in [0.717, 1.165) is 18.8 Å². The maximum absolute atomic E-state index is 12.4. The molecule has 0 aromatic heterocycles. The molecular weight excluding hydrogens is 322 g/mol. The first-order valence-corrected chi connectivity index (χ1v) is 8.15. The van der Waals surface area contributed by atoms with Crippen molar-refractivity contribution in [3.63, 3.8) is 0 Å². The van der Waals surface area contributed by atoms with Crippen LogP contribution in [0.25, 0.3) is 0 Å². The van der Waals surface area contributed by atoms with Gasteiger partial charge in [0.25, 0.3) is 11.6 Å². The van der Waals surface area contributed by atoms with Gasteiger partial charge in [-0.3, -0.25) is 14.9 Å². The van der Waals surface area contributed by atoms with Crippen LogP contribution in [-0.2, 0) is 0 Å². The number of hydrogen-bond acceptors (Lipinski definition) is 5. The van der Waals surface area contributed by atoms with Gasteiger partial charge in [-0.15, -0.1) is 0 Å². The summed E-state index contributed by atoms with van der Waals surface area (Å²) >= 11 is 0. The van der Waals surface area contributed by atoms with Gasteiger partial charge in [-0.05, 0) is 32.0 Å². The molecule has 130 valence electrons. The van der Waals surface area contributed by atoms with Crippen molar-refractivity contribution in [1.29, 1.82) is 0 Å². The summed E-state index contributed by atoms with van der Waals surface area (Å²) < 4.78 is 5.92. The second-order valence-electron chi connectivity index (χ2n) is 5.64. The van der Waals surface area contributed by atoms with Crippen molar-refractivity contribution in [3.05, 3.63) is 63.7 Å². The van der Waals surface area contributed by atoms with Crippen molar-refractivity contribution in [3.8, 4) is 5.75 Å². The van der Waals surface area contributed by atoms with E-state index in [-0.39, 0.29) is 11.6 Å². The number of nitrogens with one attached hydrogen (secondary N) is 1. The maximum Gasteiger partial charge on any atom is 0.270 e. The molecule has 0 radical (unpaired) electrons. The van der Waals surface area contributed by atoms with E-state index in [2.05, 4.69) is 10.2 Å². The van der Waals surface area contributed by atoms with E-state index in [9.17, 15) is 14.9 Å². The van der Waals surface area contributed by atoms with E-state index < -0.39 is 11.2 Å². The van der Waals surface area contributed by atoms with Gasteiger partial charge >= 0.3 is 0 Å². The molecule has 1 aliphatic rings. The summed E-state index contributed by atoms with van der Waals surface area (Å²) in [4.78, 5) is 25.2. The number of fused-ring (bicyclic) bond motifs is 1. The highest BCUT2D eigenvalue weighted by Crippen LogP contribution is 2.35. The first-order chi connectivity index (χ1) is 12.0. The number of hydrogen-bond donors (Lipinski definition) is 1. The Morgan fingerprint density at radius 1 is 1.20 bits per heavy atom. The Kier molecular flexibility index (Phi) is 4.56. The van der Waals surface area contributed by atoms with Crippen molar-refractivity contribution in [2.45, 2.75) is 20.1 Å². The van der Waals surface area contributed by atoms with Crippen LogP contribution in [-0.4, -0.2) is 23.9 Å². The number of non-ortho nitro benzene ring substituents is 1. The summed E-state index contributed by atoms with van der Waals surface area (Å²) in [6, 6.07) is 11.6. The summed E-state index contributed by atoms with van der Waals surface area (Å²) in [5.41, 5.74) is 1.79. The van der Waals surface area contributed by atoms with E-state index in [1.807, 2.05) is 13.8 Å². The average Bonchev–Trinajstić information content (AvgIpc) is 2.62. The number of nitro benzene ring substituents is 1. The molecule has 3 rings (SSSR count). The van der Waals surface area contributed by atoms with E-state index in [0.29, 0.717) is 16.9 Å². The molecule has 25 heavy (non-hydrogen) atoms. The molecule has 0 bridgehead atoms. The lowest BCUT2D eigenvalue weighted by molar-refractivity contribution is -0.385. The molecule has 1 heterocycles. The fourth-order valence-electron chi connectivity index (χ4n) is 2.97. The highest BCUT2D eigenvalue weighted by molar-refractivity contribution is 5.98. The molecule has 2 aromatic carbocycles. The number of benzene rings is 2. The van der Waals surface area contributed by atoms with Crippen molar-refractivity contribution in [1.82, 2.24) is 5.32 Å². The summed E-state index contributed by atoms with van der Waals surface area (Å²) in [5.74, 6) is 0.206. The van der Waals surface area contributed by atoms with Crippen LogP contribution in [0.15, 0.2) is 42.5 Å². The Labute approximate surface area is 145 Å². The largest absolute Gasteiger partial charge is 0.465 e. The third-order valence-corrected chi connectivity index (χ3v) is 4.25. The molecule has 1 amide bonds. The first kappa shape index (κ1) is 16.8. The van der Waals surface area contributed by atoms with Gasteiger partial charge in [-0.2, -0.15) is 0 Å². The van der Waals surface area contributed by atoms with Crippen LogP contribution in [0.2, 0.25) is 0 Å². The van der Waals surface area contributed by atoms with Gasteiger partial charge in [-0.25, -0.2) is 0 Å². The fraction of sp³-hybridized carbons (Fsp3) is 0.278. The van der Waals surface area contributed by atoms with E-state index in [1.165, 1.54) is 12.1 Å². The highest BCUT2D eigenvalue weighted by atomic mass is 16.6. The SMILES string of the molecule is CCN(CC)c1ccc([N+](=O)[O-])cc1C1NC(=O)c2ccccc2O1. The summed E-state index contributed by atoms with van der Waals surface area (Å²) in [7, 11) is 0. The first-order valence-electron chi connectivity index (χ1n) is 8.15. The molecule has 7 nitrogen and oxygen atoms in total. The van der Waals surface area contributed by atoms with Gasteiger partial charge in [0.2, 0.25) is 6.23 Å². The number of rotatable bonds is 5. The average molecular weight is 341 g/mol. The number of ether oxygens (including phenoxy) is 1. The molecule has 2 aromatic rings. The number of nitro groups is 1. The van der Waals surface area contributed by atoms with Crippen molar-refractivity contribution >= 4 is 17.3 Å². The van der Waals surface area contributed by atoms with Gasteiger partial charge in [-0.1, -0.05) is 12.1 Å². The second-order valence-corrected chi connectivity index (χ2v) is 5.64. The van der Waals surface area contributed by atoms with Crippen molar-refractivity contribution in [2.75, 3.05) is 18.0 Å². The van der Waals surface area contributed by atoms with E-state index >= 15 is 0 Å². The lowest BCUT2D eigenvalue weighted by atomic mass is 10.1. The predicted octanol–water partition coefficient (Wildman–Crippen LogP) is 3.26. The van der Waals surface area contributed by atoms with Crippen LogP contribution >= 0.6 is 0 Å². The number of carbonyl (C=O) groups excluding carboxylic acids is 1. The van der Waals surface area contributed by atoms with Crippen molar-refractivity contribution < 1.29 is 14.5 Å². The Morgan fingerprint density at radius 3 is 2.60 bits per heavy atom. The normalized spacial score (nSPS) is 15.8.